The molecule has 1 amide bonds. The van der Waals surface area contributed by atoms with Crippen LogP contribution in [0.15, 0.2) is 59.2 Å². The molecule has 2 N–H and O–H groups in total. The predicted octanol–water partition coefficient (Wildman–Crippen LogP) is 4.63. The Bertz CT molecular complexity index is 983. The lowest BCUT2D eigenvalue weighted by Crippen LogP contribution is -2.35. The van der Waals surface area contributed by atoms with Gasteiger partial charge in [-0.1, -0.05) is 30.3 Å². The zero-order valence-electron chi connectivity index (χ0n) is 15.5. The highest BCUT2D eigenvalue weighted by Gasteiger charge is 2.47. The minimum atomic E-state index is -4.52. The largest absolute Gasteiger partial charge is 0.467 e. The highest BCUT2D eigenvalue weighted by Crippen LogP contribution is 2.43. The van der Waals surface area contributed by atoms with Crippen LogP contribution in [0.4, 0.5) is 19.0 Å². The minimum absolute atomic E-state index is 0.0790. The third kappa shape index (κ3) is 3.85. The van der Waals surface area contributed by atoms with E-state index in [-0.39, 0.29) is 24.0 Å². The van der Waals surface area contributed by atoms with Crippen LogP contribution >= 0.6 is 0 Å². The summed E-state index contributed by atoms with van der Waals surface area (Å²) in [7, 11) is 0. The minimum Gasteiger partial charge on any atom is -0.467 e. The quantitative estimate of drug-likeness (QED) is 0.665. The SMILES string of the molecule is CC(NC(=O)c1cc2n(n1)C(C(F)(F)F)CC(c1ccco1)N2)c1ccccc1. The fourth-order valence-corrected chi connectivity index (χ4v) is 3.46. The van der Waals surface area contributed by atoms with Crippen LogP contribution in [0.3, 0.4) is 0 Å². The zero-order valence-corrected chi connectivity index (χ0v) is 15.5. The molecule has 0 radical (unpaired) electrons. The number of aromatic nitrogens is 2. The number of alkyl halides is 3. The predicted molar refractivity (Wildman–Crippen MR) is 99.3 cm³/mol. The van der Waals surface area contributed by atoms with E-state index < -0.39 is 24.2 Å². The van der Waals surface area contributed by atoms with Gasteiger partial charge in [0.25, 0.3) is 5.91 Å². The molecule has 0 saturated heterocycles. The Kier molecular flexibility index (Phi) is 4.81. The summed E-state index contributed by atoms with van der Waals surface area (Å²) in [6.45, 7) is 1.80. The summed E-state index contributed by atoms with van der Waals surface area (Å²) in [5, 5.41) is 9.71. The molecule has 0 aliphatic carbocycles. The van der Waals surface area contributed by atoms with E-state index in [1.165, 1.54) is 12.3 Å². The van der Waals surface area contributed by atoms with Gasteiger partial charge in [0.2, 0.25) is 0 Å². The van der Waals surface area contributed by atoms with Crippen molar-refractivity contribution in [3.05, 3.63) is 71.8 Å². The molecule has 3 atom stereocenters. The van der Waals surface area contributed by atoms with Crippen molar-refractivity contribution in [2.45, 2.75) is 37.6 Å². The molecule has 0 spiro atoms. The van der Waals surface area contributed by atoms with Crippen molar-refractivity contribution >= 4 is 11.7 Å². The summed E-state index contributed by atoms with van der Waals surface area (Å²) < 4.78 is 47.1. The Hall–Kier alpha value is -3.23. The number of nitrogens with zero attached hydrogens (tertiary/aromatic N) is 2. The molecule has 0 saturated carbocycles. The average Bonchev–Trinajstić information content (AvgIpc) is 3.36. The van der Waals surface area contributed by atoms with Crippen LogP contribution in [-0.2, 0) is 0 Å². The van der Waals surface area contributed by atoms with E-state index in [1.807, 2.05) is 30.3 Å². The van der Waals surface area contributed by atoms with Crippen molar-refractivity contribution in [3.8, 4) is 0 Å². The maximum Gasteiger partial charge on any atom is 0.410 e. The molecule has 0 fully saturated rings. The van der Waals surface area contributed by atoms with Gasteiger partial charge in [0.05, 0.1) is 18.3 Å². The summed E-state index contributed by atoms with van der Waals surface area (Å²) in [6.07, 6.45) is -3.39. The normalized spacial score (nSPS) is 19.9. The number of nitrogens with one attached hydrogen (secondary N) is 2. The van der Waals surface area contributed by atoms with Gasteiger partial charge in [-0.2, -0.15) is 18.3 Å². The van der Waals surface area contributed by atoms with Crippen molar-refractivity contribution in [1.29, 1.82) is 0 Å². The zero-order chi connectivity index (χ0) is 20.6. The number of carbonyl (C=O) groups is 1. The van der Waals surface area contributed by atoms with E-state index in [4.69, 9.17) is 4.42 Å². The molecule has 1 aliphatic heterocycles. The molecule has 29 heavy (non-hydrogen) atoms. The molecular formula is C20H19F3N4O2. The van der Waals surface area contributed by atoms with Crippen LogP contribution in [0.25, 0.3) is 0 Å². The molecule has 6 nitrogen and oxygen atoms in total. The first-order valence-electron chi connectivity index (χ1n) is 9.15. The molecule has 3 aromatic rings. The van der Waals surface area contributed by atoms with Crippen molar-refractivity contribution in [1.82, 2.24) is 15.1 Å². The fraction of sp³-hybridized carbons (Fsp3) is 0.300. The summed E-state index contributed by atoms with van der Waals surface area (Å²) in [4.78, 5) is 12.6. The van der Waals surface area contributed by atoms with Gasteiger partial charge in [-0.3, -0.25) is 4.79 Å². The summed E-state index contributed by atoms with van der Waals surface area (Å²) in [6, 6.07) is 11.0. The van der Waals surface area contributed by atoms with E-state index in [0.29, 0.717) is 5.76 Å². The highest BCUT2D eigenvalue weighted by molar-refractivity contribution is 5.93. The third-order valence-electron chi connectivity index (χ3n) is 4.96. The van der Waals surface area contributed by atoms with Gasteiger partial charge in [-0.15, -0.1) is 0 Å². The summed E-state index contributed by atoms with van der Waals surface area (Å²) in [5.74, 6) is -0.0200. The van der Waals surface area contributed by atoms with Crippen LogP contribution in [0.5, 0.6) is 0 Å². The van der Waals surface area contributed by atoms with Crippen molar-refractivity contribution < 1.29 is 22.4 Å². The van der Waals surface area contributed by atoms with Gasteiger partial charge >= 0.3 is 6.18 Å². The van der Waals surface area contributed by atoms with Crippen molar-refractivity contribution in [2.75, 3.05) is 5.32 Å². The van der Waals surface area contributed by atoms with E-state index in [1.54, 1.807) is 19.1 Å². The number of furan rings is 1. The molecule has 0 bridgehead atoms. The Morgan fingerprint density at radius 1 is 1.28 bits per heavy atom. The van der Waals surface area contributed by atoms with Gasteiger partial charge in [0.1, 0.15) is 11.6 Å². The van der Waals surface area contributed by atoms with Crippen LogP contribution < -0.4 is 10.6 Å². The number of benzene rings is 1. The van der Waals surface area contributed by atoms with Crippen LogP contribution in [0.1, 0.15) is 53.3 Å². The number of hydrogen-bond acceptors (Lipinski definition) is 4. The van der Waals surface area contributed by atoms with Gasteiger partial charge in [0.15, 0.2) is 11.7 Å². The molecule has 1 aliphatic rings. The average molecular weight is 404 g/mol. The molecule has 4 rings (SSSR count). The van der Waals surface area contributed by atoms with E-state index in [0.717, 1.165) is 10.2 Å². The second-order valence-corrected chi connectivity index (χ2v) is 6.97. The van der Waals surface area contributed by atoms with Crippen molar-refractivity contribution in [3.63, 3.8) is 0 Å². The molecule has 152 valence electrons. The second kappa shape index (κ2) is 7.31. The molecule has 9 heteroatoms. The maximum absolute atomic E-state index is 13.7. The molecule has 3 heterocycles. The lowest BCUT2D eigenvalue weighted by atomic mass is 10.0. The number of anilines is 1. The molecule has 1 aromatic carbocycles. The van der Waals surface area contributed by atoms with Gasteiger partial charge in [0, 0.05) is 12.5 Å². The lowest BCUT2D eigenvalue weighted by molar-refractivity contribution is -0.174. The van der Waals surface area contributed by atoms with E-state index in [9.17, 15) is 18.0 Å². The van der Waals surface area contributed by atoms with Gasteiger partial charge < -0.3 is 15.1 Å². The van der Waals surface area contributed by atoms with Gasteiger partial charge in [-0.05, 0) is 24.6 Å². The first-order chi connectivity index (χ1) is 13.8. The smallest absolute Gasteiger partial charge is 0.410 e. The first-order valence-corrected chi connectivity index (χ1v) is 9.15. The van der Waals surface area contributed by atoms with Crippen molar-refractivity contribution in [2.24, 2.45) is 0 Å². The summed E-state index contributed by atoms with van der Waals surface area (Å²) >= 11 is 0. The number of fused-ring (bicyclic) bond motifs is 1. The maximum atomic E-state index is 13.7. The number of halogens is 3. The Labute approximate surface area is 164 Å². The monoisotopic (exact) mass is 404 g/mol. The lowest BCUT2D eigenvalue weighted by Gasteiger charge is -2.32. The summed E-state index contributed by atoms with van der Waals surface area (Å²) in [5.41, 5.74) is 0.804. The van der Waals surface area contributed by atoms with E-state index in [2.05, 4.69) is 15.7 Å². The fourth-order valence-electron chi connectivity index (χ4n) is 3.46. The van der Waals surface area contributed by atoms with Crippen LogP contribution in [-0.4, -0.2) is 21.9 Å². The van der Waals surface area contributed by atoms with Crippen LogP contribution in [0, 0.1) is 0 Å². The van der Waals surface area contributed by atoms with E-state index >= 15 is 0 Å². The first kappa shape index (κ1) is 19.1. The van der Waals surface area contributed by atoms with Gasteiger partial charge in [-0.25, -0.2) is 4.68 Å². The number of amides is 1. The number of rotatable bonds is 4. The molecule has 2 aromatic heterocycles. The van der Waals surface area contributed by atoms with Crippen LogP contribution in [0.2, 0.25) is 0 Å². The Morgan fingerprint density at radius 2 is 2.03 bits per heavy atom. The number of hydrogen-bond donors (Lipinski definition) is 2. The Morgan fingerprint density at radius 3 is 2.69 bits per heavy atom. The molecular weight excluding hydrogens is 385 g/mol. The topological polar surface area (TPSA) is 72.1 Å². The second-order valence-electron chi connectivity index (χ2n) is 6.97. The highest BCUT2D eigenvalue weighted by atomic mass is 19.4. The molecule has 3 unspecified atom stereocenters. The number of carbonyl (C=O) groups excluding carboxylic acids is 1. The standard InChI is InChI=1S/C20H19F3N4O2/c1-12(13-6-3-2-4-7-13)24-19(28)15-11-18-25-14(16-8-5-9-29-16)10-17(20(21,22)23)27(18)26-15/h2-9,11-12,14,17,25H,10H2,1H3,(H,24,28). The third-order valence-corrected chi connectivity index (χ3v) is 4.96. The Balaban J connectivity index is 1.59.